The van der Waals surface area contributed by atoms with Crippen LogP contribution in [-0.4, -0.2) is 35.3 Å². The Morgan fingerprint density at radius 1 is 1.32 bits per heavy atom. The molecule has 1 atom stereocenters. The lowest BCUT2D eigenvalue weighted by atomic mass is 10.1. The Balaban J connectivity index is 2.47. The zero-order valence-corrected chi connectivity index (χ0v) is 15.2. The van der Waals surface area contributed by atoms with Crippen LogP contribution in [0.4, 0.5) is 8.78 Å². The van der Waals surface area contributed by atoms with Crippen molar-refractivity contribution in [3.8, 4) is 11.3 Å². The maximum absolute atomic E-state index is 14.2. The maximum atomic E-state index is 14.2. The van der Waals surface area contributed by atoms with Crippen molar-refractivity contribution in [3.05, 3.63) is 41.6 Å². The largest absolute Gasteiger partial charge is 0.350 e. The lowest BCUT2D eigenvalue weighted by Crippen LogP contribution is -2.37. The van der Waals surface area contributed by atoms with Crippen molar-refractivity contribution in [2.75, 3.05) is 13.6 Å². The molecule has 0 aliphatic rings. The van der Waals surface area contributed by atoms with E-state index in [1.807, 2.05) is 27.7 Å². The second kappa shape index (κ2) is 7.31. The van der Waals surface area contributed by atoms with Crippen LogP contribution >= 0.6 is 0 Å². The van der Waals surface area contributed by atoms with Crippen molar-refractivity contribution in [2.24, 2.45) is 0 Å². The summed E-state index contributed by atoms with van der Waals surface area (Å²) >= 11 is 0. The summed E-state index contributed by atoms with van der Waals surface area (Å²) in [5.41, 5.74) is 0.157. The predicted molar refractivity (Wildman–Crippen MR) is 93.4 cm³/mol. The number of halogens is 2. The summed E-state index contributed by atoms with van der Waals surface area (Å²) in [5, 5.41) is 10.2. The number of rotatable bonds is 5. The third kappa shape index (κ3) is 4.42. The van der Waals surface area contributed by atoms with E-state index >= 15 is 0 Å². The Morgan fingerprint density at radius 2 is 2.00 bits per heavy atom. The van der Waals surface area contributed by atoms with Gasteiger partial charge in [-0.15, -0.1) is 0 Å². The van der Waals surface area contributed by atoms with Gasteiger partial charge in [-0.1, -0.05) is 0 Å². The van der Waals surface area contributed by atoms with E-state index in [-0.39, 0.29) is 34.3 Å². The SMILES string of the molecule is CNC(C)CNC(=O)c1cn(C(C)(C)C)nc1-c1ccc(F)cc1F. The van der Waals surface area contributed by atoms with Gasteiger partial charge in [0.1, 0.15) is 17.3 Å². The van der Waals surface area contributed by atoms with Gasteiger partial charge in [-0.05, 0) is 46.9 Å². The molecule has 0 fully saturated rings. The number of hydrogen-bond donors (Lipinski definition) is 2. The van der Waals surface area contributed by atoms with Crippen molar-refractivity contribution >= 4 is 5.91 Å². The number of amides is 1. The Hall–Kier alpha value is -2.28. The molecule has 136 valence electrons. The van der Waals surface area contributed by atoms with Gasteiger partial charge in [-0.3, -0.25) is 9.48 Å². The molecule has 2 aromatic rings. The highest BCUT2D eigenvalue weighted by Crippen LogP contribution is 2.28. The topological polar surface area (TPSA) is 58.9 Å². The van der Waals surface area contributed by atoms with Crippen LogP contribution in [-0.2, 0) is 5.54 Å². The first kappa shape index (κ1) is 19.1. The number of aromatic nitrogens is 2. The molecular weight excluding hydrogens is 326 g/mol. The minimum absolute atomic E-state index is 0.0904. The quantitative estimate of drug-likeness (QED) is 0.872. The lowest BCUT2D eigenvalue weighted by Gasteiger charge is -2.18. The Bertz CT molecular complexity index is 765. The molecule has 0 radical (unpaired) electrons. The van der Waals surface area contributed by atoms with Crippen LogP contribution in [0.25, 0.3) is 11.3 Å². The summed E-state index contributed by atoms with van der Waals surface area (Å²) in [5.74, 6) is -1.78. The molecule has 0 saturated carbocycles. The maximum Gasteiger partial charge on any atom is 0.255 e. The normalized spacial score (nSPS) is 12.9. The van der Waals surface area contributed by atoms with E-state index in [1.54, 1.807) is 17.9 Å². The molecule has 1 unspecified atom stereocenters. The highest BCUT2D eigenvalue weighted by Gasteiger charge is 2.24. The molecule has 0 bridgehead atoms. The van der Waals surface area contributed by atoms with Crippen molar-refractivity contribution in [3.63, 3.8) is 0 Å². The molecule has 1 aromatic heterocycles. The Labute approximate surface area is 146 Å². The molecule has 0 aliphatic heterocycles. The summed E-state index contributed by atoms with van der Waals surface area (Å²) in [6, 6.07) is 3.33. The van der Waals surface area contributed by atoms with Crippen LogP contribution in [0.5, 0.6) is 0 Å². The molecule has 1 aromatic carbocycles. The van der Waals surface area contributed by atoms with E-state index in [2.05, 4.69) is 15.7 Å². The molecule has 7 heteroatoms. The first-order valence-corrected chi connectivity index (χ1v) is 8.14. The van der Waals surface area contributed by atoms with E-state index in [9.17, 15) is 13.6 Å². The number of benzene rings is 1. The number of likely N-dealkylation sites (N-methyl/N-ethyl adjacent to an activating group) is 1. The summed E-state index contributed by atoms with van der Waals surface area (Å²) in [4.78, 5) is 12.6. The highest BCUT2D eigenvalue weighted by atomic mass is 19.1. The van der Waals surface area contributed by atoms with E-state index < -0.39 is 11.6 Å². The first-order chi connectivity index (χ1) is 11.6. The van der Waals surface area contributed by atoms with Gasteiger partial charge in [0.15, 0.2) is 0 Å². The first-order valence-electron chi connectivity index (χ1n) is 8.14. The summed E-state index contributed by atoms with van der Waals surface area (Å²) in [6.07, 6.45) is 1.59. The molecule has 0 aliphatic carbocycles. The second-order valence-corrected chi connectivity index (χ2v) is 7.03. The number of carbonyl (C=O) groups excluding carboxylic acids is 1. The van der Waals surface area contributed by atoms with E-state index in [0.717, 1.165) is 12.1 Å². The van der Waals surface area contributed by atoms with Crippen molar-refractivity contribution in [2.45, 2.75) is 39.3 Å². The predicted octanol–water partition coefficient (Wildman–Crippen LogP) is 2.92. The smallest absolute Gasteiger partial charge is 0.255 e. The third-order valence-electron chi connectivity index (χ3n) is 3.89. The minimum Gasteiger partial charge on any atom is -0.350 e. The van der Waals surface area contributed by atoms with Crippen LogP contribution < -0.4 is 10.6 Å². The highest BCUT2D eigenvalue weighted by molar-refractivity contribution is 5.99. The van der Waals surface area contributed by atoms with Crippen molar-refractivity contribution < 1.29 is 13.6 Å². The molecule has 1 amide bonds. The molecule has 2 N–H and O–H groups in total. The average Bonchev–Trinajstić information content (AvgIpc) is 2.97. The molecular formula is C18H24F2N4O. The fraction of sp³-hybridized carbons (Fsp3) is 0.444. The van der Waals surface area contributed by atoms with Gasteiger partial charge in [-0.25, -0.2) is 8.78 Å². The second-order valence-electron chi connectivity index (χ2n) is 7.03. The third-order valence-corrected chi connectivity index (χ3v) is 3.89. The average molecular weight is 350 g/mol. The van der Waals surface area contributed by atoms with Gasteiger partial charge in [0.05, 0.1) is 11.1 Å². The monoisotopic (exact) mass is 350 g/mol. The summed E-state index contributed by atoms with van der Waals surface area (Å²) in [6.45, 7) is 8.13. The van der Waals surface area contributed by atoms with Gasteiger partial charge >= 0.3 is 0 Å². The number of carbonyl (C=O) groups is 1. The summed E-state index contributed by atoms with van der Waals surface area (Å²) < 4.78 is 29.0. The number of nitrogens with zero attached hydrogens (tertiary/aromatic N) is 2. The van der Waals surface area contributed by atoms with Gasteiger partial charge in [0, 0.05) is 30.4 Å². The zero-order chi connectivity index (χ0) is 18.8. The zero-order valence-electron chi connectivity index (χ0n) is 15.2. The van der Waals surface area contributed by atoms with Gasteiger partial charge in [0.2, 0.25) is 0 Å². The fourth-order valence-corrected chi connectivity index (χ4v) is 2.21. The fourth-order valence-electron chi connectivity index (χ4n) is 2.21. The molecule has 2 rings (SSSR count). The number of nitrogens with one attached hydrogen (secondary N) is 2. The molecule has 5 nitrogen and oxygen atoms in total. The van der Waals surface area contributed by atoms with Crippen LogP contribution in [0.3, 0.4) is 0 Å². The lowest BCUT2D eigenvalue weighted by molar-refractivity contribution is 0.0951. The van der Waals surface area contributed by atoms with Gasteiger partial charge < -0.3 is 10.6 Å². The van der Waals surface area contributed by atoms with Crippen LogP contribution in [0.15, 0.2) is 24.4 Å². The van der Waals surface area contributed by atoms with Crippen molar-refractivity contribution in [1.82, 2.24) is 20.4 Å². The standard InChI is InChI=1S/C18H24F2N4O/c1-11(21-5)9-22-17(25)14-10-24(18(2,3)4)23-16(14)13-7-6-12(19)8-15(13)20/h6-8,10-11,21H,9H2,1-5H3,(H,22,25). The van der Waals surface area contributed by atoms with Gasteiger partial charge in [-0.2, -0.15) is 5.10 Å². The Morgan fingerprint density at radius 3 is 2.56 bits per heavy atom. The van der Waals surface area contributed by atoms with Crippen LogP contribution in [0, 0.1) is 11.6 Å². The minimum atomic E-state index is -0.753. The van der Waals surface area contributed by atoms with Gasteiger partial charge in [0.25, 0.3) is 5.91 Å². The van der Waals surface area contributed by atoms with E-state index in [0.29, 0.717) is 6.54 Å². The molecule has 1 heterocycles. The molecule has 0 spiro atoms. The summed E-state index contributed by atoms with van der Waals surface area (Å²) in [7, 11) is 1.80. The van der Waals surface area contributed by atoms with Crippen LogP contribution in [0.1, 0.15) is 38.1 Å². The molecule has 25 heavy (non-hydrogen) atoms. The number of hydrogen-bond acceptors (Lipinski definition) is 3. The van der Waals surface area contributed by atoms with E-state index in [1.165, 1.54) is 6.07 Å². The van der Waals surface area contributed by atoms with Crippen LogP contribution in [0.2, 0.25) is 0 Å². The Kier molecular flexibility index (Phi) is 5.57. The van der Waals surface area contributed by atoms with E-state index in [4.69, 9.17) is 0 Å². The molecule has 0 saturated heterocycles. The van der Waals surface area contributed by atoms with Crippen molar-refractivity contribution in [1.29, 1.82) is 0 Å².